The van der Waals surface area contributed by atoms with Crippen LogP contribution in [0.25, 0.3) is 10.8 Å². The van der Waals surface area contributed by atoms with E-state index in [-0.39, 0.29) is 5.78 Å². The Morgan fingerprint density at radius 2 is 1.52 bits per heavy atom. The molecule has 0 fully saturated rings. The Morgan fingerprint density at radius 1 is 0.889 bits per heavy atom. The number of ketones is 1. The number of benzene rings is 3. The molecule has 1 spiro atoms. The van der Waals surface area contributed by atoms with Gasteiger partial charge in [0.2, 0.25) is 0 Å². The van der Waals surface area contributed by atoms with Crippen molar-refractivity contribution in [1.29, 1.82) is 0 Å². The number of carbonyl (C=O) groups excluding carboxylic acids is 1. The highest BCUT2D eigenvalue weighted by atomic mass is 16.1. The van der Waals surface area contributed by atoms with E-state index >= 15 is 0 Å². The second-order valence-electron chi connectivity index (χ2n) is 7.17. The minimum Gasteiger partial charge on any atom is -0.388 e. The fraction of sp³-hybridized carbons (Fsp3) is 0.174. The van der Waals surface area contributed by atoms with Crippen LogP contribution in [0.4, 0.5) is 17.1 Å². The van der Waals surface area contributed by atoms with Gasteiger partial charge in [-0.25, -0.2) is 0 Å². The van der Waals surface area contributed by atoms with Crippen LogP contribution < -0.4 is 15.1 Å². The van der Waals surface area contributed by atoms with Gasteiger partial charge >= 0.3 is 0 Å². The maximum atomic E-state index is 12.8. The molecule has 3 aromatic carbocycles. The molecule has 1 aliphatic carbocycles. The van der Waals surface area contributed by atoms with E-state index < -0.39 is 5.66 Å². The molecule has 0 bridgehead atoms. The van der Waals surface area contributed by atoms with Crippen molar-refractivity contribution in [1.82, 2.24) is 0 Å². The quantitative estimate of drug-likeness (QED) is 0.703. The maximum Gasteiger partial charge on any atom is 0.188 e. The van der Waals surface area contributed by atoms with Crippen molar-refractivity contribution >= 4 is 33.6 Å². The molecular weight excluding hydrogens is 334 g/mol. The van der Waals surface area contributed by atoms with E-state index in [1.165, 1.54) is 22.1 Å². The Labute approximate surface area is 158 Å². The normalized spacial score (nSPS) is 16.8. The largest absolute Gasteiger partial charge is 0.388 e. The fourth-order valence-electron chi connectivity index (χ4n) is 4.74. The van der Waals surface area contributed by atoms with Crippen molar-refractivity contribution in [2.75, 3.05) is 36.3 Å². The summed E-state index contributed by atoms with van der Waals surface area (Å²) < 4.78 is 0. The summed E-state index contributed by atoms with van der Waals surface area (Å²) in [5.74, 6) is 0.0412. The molecule has 0 saturated heterocycles. The predicted octanol–water partition coefficient (Wildman–Crippen LogP) is 4.37. The molecule has 3 aromatic rings. The minimum absolute atomic E-state index is 0.0412. The molecule has 0 atom stereocenters. The van der Waals surface area contributed by atoms with Gasteiger partial charge in [0, 0.05) is 49.2 Å². The summed E-state index contributed by atoms with van der Waals surface area (Å²) in [6, 6.07) is 18.9. The number of anilines is 3. The number of likely N-dealkylation sites (N-methyl/N-ethyl adjacent to an activating group) is 2. The number of allylic oxidation sites excluding steroid dienone is 1. The third-order valence-electron chi connectivity index (χ3n) is 6.05. The van der Waals surface area contributed by atoms with E-state index in [0.717, 1.165) is 16.8 Å². The summed E-state index contributed by atoms with van der Waals surface area (Å²) in [5.41, 5.74) is 4.38. The number of nitrogens with zero attached hydrogens (tertiary/aromatic N) is 2. The molecule has 0 saturated carbocycles. The average Bonchev–Trinajstić information content (AvgIpc) is 2.71. The maximum absolute atomic E-state index is 12.8. The highest BCUT2D eigenvalue weighted by Crippen LogP contribution is 2.51. The smallest absolute Gasteiger partial charge is 0.188 e. The van der Waals surface area contributed by atoms with Crippen LogP contribution in [-0.4, -0.2) is 26.9 Å². The van der Waals surface area contributed by atoms with Gasteiger partial charge in [-0.2, -0.15) is 0 Å². The standard InChI is InChI=1S/C23H21N3O/c1-24-17-10-6-9-16-22(17)20(27)13-14-23(16)25(2)18-11-4-7-15-8-5-12-19(21(15)18)26(23)3/h4-14,24H,1-3H3. The lowest BCUT2D eigenvalue weighted by atomic mass is 9.81. The van der Waals surface area contributed by atoms with E-state index in [4.69, 9.17) is 0 Å². The number of rotatable bonds is 1. The third kappa shape index (κ3) is 1.85. The first kappa shape index (κ1) is 15.9. The molecule has 5 rings (SSSR count). The van der Waals surface area contributed by atoms with Crippen molar-refractivity contribution in [2.24, 2.45) is 0 Å². The zero-order valence-corrected chi connectivity index (χ0v) is 15.7. The molecule has 0 radical (unpaired) electrons. The lowest BCUT2D eigenvalue weighted by molar-refractivity contribution is 0.104. The third-order valence-corrected chi connectivity index (χ3v) is 6.05. The van der Waals surface area contributed by atoms with Gasteiger partial charge in [0.1, 0.15) is 0 Å². The topological polar surface area (TPSA) is 35.6 Å². The second-order valence-corrected chi connectivity index (χ2v) is 7.17. The molecule has 2 aliphatic rings. The van der Waals surface area contributed by atoms with Crippen molar-refractivity contribution in [3.63, 3.8) is 0 Å². The highest BCUT2D eigenvalue weighted by Gasteiger charge is 2.47. The van der Waals surface area contributed by atoms with Gasteiger partial charge in [-0.3, -0.25) is 4.79 Å². The minimum atomic E-state index is -0.557. The average molecular weight is 355 g/mol. The number of fused-ring (bicyclic) bond motifs is 2. The summed E-state index contributed by atoms with van der Waals surface area (Å²) in [6.07, 6.45) is 3.75. The Morgan fingerprint density at radius 3 is 2.15 bits per heavy atom. The molecule has 27 heavy (non-hydrogen) atoms. The number of nitrogens with one attached hydrogen (secondary N) is 1. The molecule has 1 N–H and O–H groups in total. The van der Waals surface area contributed by atoms with Crippen molar-refractivity contribution in [3.8, 4) is 0 Å². The first-order chi connectivity index (χ1) is 13.1. The van der Waals surface area contributed by atoms with Crippen LogP contribution in [0.15, 0.2) is 66.7 Å². The summed E-state index contributed by atoms with van der Waals surface area (Å²) in [6.45, 7) is 0. The van der Waals surface area contributed by atoms with E-state index in [0.29, 0.717) is 0 Å². The highest BCUT2D eigenvalue weighted by molar-refractivity contribution is 6.13. The molecule has 0 amide bonds. The first-order valence-electron chi connectivity index (χ1n) is 9.14. The van der Waals surface area contributed by atoms with Gasteiger partial charge in [-0.1, -0.05) is 36.4 Å². The number of carbonyl (C=O) groups is 1. The summed E-state index contributed by atoms with van der Waals surface area (Å²) in [4.78, 5) is 17.3. The molecule has 1 aliphatic heterocycles. The Hall–Kier alpha value is -3.27. The monoisotopic (exact) mass is 355 g/mol. The molecule has 0 aromatic heterocycles. The molecule has 4 heteroatoms. The van der Waals surface area contributed by atoms with Crippen LogP contribution in [0, 0.1) is 0 Å². The Balaban J connectivity index is 1.87. The SMILES string of the molecule is CNc1cccc2c1C(=O)C=CC21N(C)c2cccc3cccc(c23)N1C. The Kier molecular flexibility index (Phi) is 3.17. The zero-order chi connectivity index (χ0) is 18.8. The lowest BCUT2D eigenvalue weighted by Gasteiger charge is -2.53. The molecule has 1 heterocycles. The zero-order valence-electron chi connectivity index (χ0n) is 15.7. The van der Waals surface area contributed by atoms with Gasteiger partial charge in [-0.05, 0) is 35.7 Å². The summed E-state index contributed by atoms with van der Waals surface area (Å²) >= 11 is 0. The van der Waals surface area contributed by atoms with Crippen LogP contribution in [0.1, 0.15) is 15.9 Å². The number of hydrogen-bond acceptors (Lipinski definition) is 4. The van der Waals surface area contributed by atoms with Gasteiger partial charge < -0.3 is 15.1 Å². The molecule has 134 valence electrons. The second kappa shape index (κ2) is 5.36. The summed E-state index contributed by atoms with van der Waals surface area (Å²) in [7, 11) is 6.08. The Bertz CT molecular complexity index is 1090. The van der Waals surface area contributed by atoms with Crippen LogP contribution in [-0.2, 0) is 5.66 Å². The van der Waals surface area contributed by atoms with Crippen LogP contribution in [0.5, 0.6) is 0 Å². The number of hydrogen-bond donors (Lipinski definition) is 1. The first-order valence-corrected chi connectivity index (χ1v) is 9.14. The van der Waals surface area contributed by atoms with Gasteiger partial charge in [0.25, 0.3) is 0 Å². The molecule has 0 unspecified atom stereocenters. The van der Waals surface area contributed by atoms with Crippen LogP contribution >= 0.6 is 0 Å². The van der Waals surface area contributed by atoms with Crippen LogP contribution in [0.2, 0.25) is 0 Å². The van der Waals surface area contributed by atoms with E-state index in [2.05, 4.69) is 71.7 Å². The van der Waals surface area contributed by atoms with E-state index in [1.807, 2.05) is 25.3 Å². The van der Waals surface area contributed by atoms with Crippen LogP contribution in [0.3, 0.4) is 0 Å². The van der Waals surface area contributed by atoms with Crippen molar-refractivity contribution in [3.05, 3.63) is 77.9 Å². The fourth-order valence-corrected chi connectivity index (χ4v) is 4.74. The van der Waals surface area contributed by atoms with Gasteiger partial charge in [0.05, 0.1) is 5.56 Å². The van der Waals surface area contributed by atoms with Gasteiger partial charge in [0.15, 0.2) is 11.4 Å². The van der Waals surface area contributed by atoms with Crippen molar-refractivity contribution in [2.45, 2.75) is 5.66 Å². The lowest BCUT2D eigenvalue weighted by Crippen LogP contribution is -2.58. The van der Waals surface area contributed by atoms with E-state index in [1.54, 1.807) is 6.08 Å². The van der Waals surface area contributed by atoms with Gasteiger partial charge in [-0.15, -0.1) is 0 Å². The molecule has 4 nitrogen and oxygen atoms in total. The molecular formula is C23H21N3O. The summed E-state index contributed by atoms with van der Waals surface area (Å²) in [5, 5.41) is 5.65. The van der Waals surface area contributed by atoms with E-state index in [9.17, 15) is 4.79 Å². The van der Waals surface area contributed by atoms with Crippen molar-refractivity contribution < 1.29 is 4.79 Å². The predicted molar refractivity (Wildman–Crippen MR) is 112 cm³/mol.